The molecule has 0 amide bonds. The van der Waals surface area contributed by atoms with Crippen LogP contribution in [0.15, 0.2) is 23.1 Å². The van der Waals surface area contributed by atoms with Crippen molar-refractivity contribution < 1.29 is 22.7 Å². The van der Waals surface area contributed by atoms with E-state index in [9.17, 15) is 17.6 Å². The van der Waals surface area contributed by atoms with E-state index in [4.69, 9.17) is 5.11 Å². The number of carbonyl (C=O) groups is 1. The van der Waals surface area contributed by atoms with Gasteiger partial charge in [0.15, 0.2) is 0 Å². The smallest absolute Gasteiger partial charge is 0.338 e. The van der Waals surface area contributed by atoms with Crippen molar-refractivity contribution in [2.75, 3.05) is 6.54 Å². The minimum Gasteiger partial charge on any atom is -0.478 e. The Morgan fingerprint density at radius 3 is 2.62 bits per heavy atom. The van der Waals surface area contributed by atoms with Crippen molar-refractivity contribution in [3.63, 3.8) is 0 Å². The van der Waals surface area contributed by atoms with Crippen LogP contribution in [0.4, 0.5) is 4.39 Å². The van der Waals surface area contributed by atoms with Crippen LogP contribution in [0.1, 0.15) is 43.0 Å². The quantitative estimate of drug-likeness (QED) is 0.809. The molecule has 2 N–H and O–H groups in total. The fraction of sp³-hybridized carbons (Fsp3) is 0.500. The number of carboxylic acids is 1. The molecule has 116 valence electrons. The van der Waals surface area contributed by atoms with Crippen LogP contribution in [0.25, 0.3) is 0 Å². The molecule has 1 fully saturated rings. The number of hydrogen-bond donors (Lipinski definition) is 2. The first-order chi connectivity index (χ1) is 9.80. The third kappa shape index (κ3) is 3.59. The fourth-order valence-corrected chi connectivity index (χ4v) is 3.57. The number of aromatic carboxylic acids is 1. The molecule has 1 aliphatic carbocycles. The first-order valence-corrected chi connectivity index (χ1v) is 8.30. The topological polar surface area (TPSA) is 83.5 Å². The van der Waals surface area contributed by atoms with Gasteiger partial charge in [0.2, 0.25) is 10.0 Å². The Balaban J connectivity index is 2.16. The van der Waals surface area contributed by atoms with Crippen molar-refractivity contribution in [2.24, 2.45) is 5.41 Å². The van der Waals surface area contributed by atoms with Crippen LogP contribution >= 0.6 is 0 Å². The predicted octanol–water partition coefficient (Wildman–Crippen LogP) is 2.38. The van der Waals surface area contributed by atoms with Gasteiger partial charge in [-0.2, -0.15) is 0 Å². The molecule has 2 rings (SSSR count). The van der Waals surface area contributed by atoms with E-state index in [0.29, 0.717) is 6.54 Å². The van der Waals surface area contributed by atoms with Gasteiger partial charge in [0.25, 0.3) is 0 Å². The zero-order valence-electron chi connectivity index (χ0n) is 11.7. The van der Waals surface area contributed by atoms with E-state index >= 15 is 0 Å². The van der Waals surface area contributed by atoms with Gasteiger partial charge in [-0.05, 0) is 42.9 Å². The van der Waals surface area contributed by atoms with Gasteiger partial charge in [0, 0.05) is 6.54 Å². The van der Waals surface area contributed by atoms with Crippen molar-refractivity contribution in [1.82, 2.24) is 4.72 Å². The Morgan fingerprint density at radius 2 is 2.10 bits per heavy atom. The molecular weight excluding hydrogens is 297 g/mol. The Hall–Kier alpha value is -1.47. The maximum Gasteiger partial charge on any atom is 0.338 e. The molecule has 0 aliphatic heterocycles. The lowest BCUT2D eigenvalue weighted by molar-refractivity contribution is 0.0691. The lowest BCUT2D eigenvalue weighted by Crippen LogP contribution is -2.30. The molecule has 0 heterocycles. The number of benzene rings is 1. The molecule has 1 aromatic rings. The lowest BCUT2D eigenvalue weighted by atomic mass is 10.0. The molecule has 7 heteroatoms. The molecule has 0 unspecified atom stereocenters. The SMILES string of the molecule is CCCC1(CNS(=O)(=O)c2ccc(F)c(C(=O)O)c2)CC1. The number of sulfonamides is 1. The van der Waals surface area contributed by atoms with E-state index in [-0.39, 0.29) is 10.3 Å². The zero-order chi connectivity index (χ0) is 15.7. The molecule has 1 saturated carbocycles. The van der Waals surface area contributed by atoms with E-state index in [0.717, 1.165) is 43.9 Å². The maximum atomic E-state index is 13.3. The van der Waals surface area contributed by atoms with Gasteiger partial charge in [-0.1, -0.05) is 13.3 Å². The molecule has 0 saturated heterocycles. The second-order valence-electron chi connectivity index (χ2n) is 5.52. The highest BCUT2D eigenvalue weighted by Crippen LogP contribution is 2.49. The predicted molar refractivity (Wildman–Crippen MR) is 75.1 cm³/mol. The Bertz CT molecular complexity index is 653. The highest BCUT2D eigenvalue weighted by atomic mass is 32.2. The molecule has 1 aliphatic rings. The first-order valence-electron chi connectivity index (χ1n) is 6.82. The summed E-state index contributed by atoms with van der Waals surface area (Å²) in [5.74, 6) is -2.44. The molecule has 5 nitrogen and oxygen atoms in total. The van der Waals surface area contributed by atoms with Gasteiger partial charge in [-0.25, -0.2) is 22.3 Å². The average molecular weight is 315 g/mol. The third-order valence-electron chi connectivity index (χ3n) is 3.85. The van der Waals surface area contributed by atoms with E-state index in [1.165, 1.54) is 0 Å². The molecule has 0 aromatic heterocycles. The summed E-state index contributed by atoms with van der Waals surface area (Å²) in [5, 5.41) is 8.84. The van der Waals surface area contributed by atoms with Crippen LogP contribution in [-0.4, -0.2) is 26.0 Å². The van der Waals surface area contributed by atoms with Gasteiger partial charge >= 0.3 is 5.97 Å². The molecule has 0 atom stereocenters. The molecule has 0 spiro atoms. The van der Waals surface area contributed by atoms with Crippen molar-refractivity contribution in [1.29, 1.82) is 0 Å². The summed E-state index contributed by atoms with van der Waals surface area (Å²) in [7, 11) is -3.82. The second kappa shape index (κ2) is 5.73. The van der Waals surface area contributed by atoms with Crippen LogP contribution in [0.5, 0.6) is 0 Å². The lowest BCUT2D eigenvalue weighted by Gasteiger charge is -2.15. The van der Waals surface area contributed by atoms with E-state index in [2.05, 4.69) is 4.72 Å². The van der Waals surface area contributed by atoms with Crippen molar-refractivity contribution >= 4 is 16.0 Å². The Morgan fingerprint density at radius 1 is 1.43 bits per heavy atom. The van der Waals surface area contributed by atoms with Crippen molar-refractivity contribution in [3.8, 4) is 0 Å². The van der Waals surface area contributed by atoms with Gasteiger partial charge in [-0.3, -0.25) is 0 Å². The average Bonchev–Trinajstić information content (AvgIpc) is 3.17. The third-order valence-corrected chi connectivity index (χ3v) is 5.25. The summed E-state index contributed by atoms with van der Waals surface area (Å²) in [4.78, 5) is 10.6. The van der Waals surface area contributed by atoms with Gasteiger partial charge in [-0.15, -0.1) is 0 Å². The number of carboxylic acid groups (broad SMARTS) is 1. The monoisotopic (exact) mass is 315 g/mol. The van der Waals surface area contributed by atoms with Crippen LogP contribution in [0, 0.1) is 11.2 Å². The highest BCUT2D eigenvalue weighted by Gasteiger charge is 2.42. The molecule has 0 bridgehead atoms. The summed E-state index contributed by atoms with van der Waals surface area (Å²) in [6.45, 7) is 2.39. The molecule has 21 heavy (non-hydrogen) atoms. The van der Waals surface area contributed by atoms with Gasteiger partial charge in [0.05, 0.1) is 10.5 Å². The number of hydrogen-bond acceptors (Lipinski definition) is 3. The fourth-order valence-electron chi connectivity index (χ4n) is 2.39. The van der Waals surface area contributed by atoms with Gasteiger partial charge < -0.3 is 5.11 Å². The standard InChI is InChI=1S/C14H18FNO4S/c1-2-5-14(6-7-14)9-16-21(19,20)10-3-4-12(15)11(8-10)13(17)18/h3-4,8,16H,2,5-7,9H2,1H3,(H,17,18). The Kier molecular flexibility index (Phi) is 4.34. The largest absolute Gasteiger partial charge is 0.478 e. The second-order valence-corrected chi connectivity index (χ2v) is 7.29. The maximum absolute atomic E-state index is 13.3. The molecule has 1 aromatic carbocycles. The van der Waals surface area contributed by atoms with E-state index < -0.39 is 27.4 Å². The highest BCUT2D eigenvalue weighted by molar-refractivity contribution is 7.89. The van der Waals surface area contributed by atoms with E-state index in [1.807, 2.05) is 6.92 Å². The van der Waals surface area contributed by atoms with Crippen LogP contribution in [0.3, 0.4) is 0 Å². The van der Waals surface area contributed by atoms with Gasteiger partial charge in [0.1, 0.15) is 5.82 Å². The molecular formula is C14H18FNO4S. The number of halogens is 1. The minimum absolute atomic E-state index is 0.0392. The molecule has 0 radical (unpaired) electrons. The Labute approximate surface area is 123 Å². The summed E-state index contributed by atoms with van der Waals surface area (Å²) < 4.78 is 40.1. The summed E-state index contributed by atoms with van der Waals surface area (Å²) >= 11 is 0. The van der Waals surface area contributed by atoms with E-state index in [1.54, 1.807) is 0 Å². The summed E-state index contributed by atoms with van der Waals surface area (Å²) in [5.41, 5.74) is -0.607. The normalized spacial score (nSPS) is 16.7. The first kappa shape index (κ1) is 15.9. The number of rotatable bonds is 7. The van der Waals surface area contributed by atoms with Crippen LogP contribution in [-0.2, 0) is 10.0 Å². The minimum atomic E-state index is -3.82. The zero-order valence-corrected chi connectivity index (χ0v) is 12.5. The van der Waals surface area contributed by atoms with Crippen molar-refractivity contribution in [2.45, 2.75) is 37.5 Å². The van der Waals surface area contributed by atoms with Crippen LogP contribution in [0.2, 0.25) is 0 Å². The van der Waals surface area contributed by atoms with Crippen molar-refractivity contribution in [3.05, 3.63) is 29.6 Å². The van der Waals surface area contributed by atoms with Crippen LogP contribution < -0.4 is 4.72 Å². The summed E-state index contributed by atoms with van der Waals surface area (Å²) in [6, 6.07) is 2.78. The number of nitrogens with one attached hydrogen (secondary N) is 1. The summed E-state index contributed by atoms with van der Waals surface area (Å²) in [6.07, 6.45) is 3.93.